The van der Waals surface area contributed by atoms with E-state index in [0.29, 0.717) is 0 Å². The summed E-state index contributed by atoms with van der Waals surface area (Å²) in [5, 5.41) is 0. The average Bonchev–Trinajstić information content (AvgIpc) is 1.87. The second-order valence-corrected chi connectivity index (χ2v) is 3.50. The summed E-state index contributed by atoms with van der Waals surface area (Å²) in [7, 11) is 0. The second-order valence-electron chi connectivity index (χ2n) is 3.50. The normalized spacial score (nSPS) is 23.7. The SMILES string of the molecule is [CH2]CC1CCCCCCC1. The number of hydrogen-bond donors (Lipinski definition) is 0. The van der Waals surface area contributed by atoms with Crippen molar-refractivity contribution in [2.24, 2.45) is 5.92 Å². The topological polar surface area (TPSA) is 0 Å². The van der Waals surface area contributed by atoms with Gasteiger partial charge in [0.15, 0.2) is 0 Å². The van der Waals surface area contributed by atoms with Crippen molar-refractivity contribution in [3.05, 3.63) is 6.92 Å². The van der Waals surface area contributed by atoms with Crippen LogP contribution in [0.3, 0.4) is 0 Å². The molecule has 0 atom stereocenters. The maximum Gasteiger partial charge on any atom is -0.0414 e. The third kappa shape index (κ3) is 2.72. The van der Waals surface area contributed by atoms with E-state index in [1.54, 1.807) is 0 Å². The molecule has 10 heavy (non-hydrogen) atoms. The molecule has 0 heterocycles. The fourth-order valence-corrected chi connectivity index (χ4v) is 1.83. The van der Waals surface area contributed by atoms with Crippen LogP contribution in [-0.2, 0) is 0 Å². The van der Waals surface area contributed by atoms with Crippen LogP contribution in [0.15, 0.2) is 0 Å². The summed E-state index contributed by atoms with van der Waals surface area (Å²) in [4.78, 5) is 0. The molecular formula is C10H19. The Labute approximate surface area is 65.0 Å². The summed E-state index contributed by atoms with van der Waals surface area (Å²) in [6, 6.07) is 0. The molecule has 0 aromatic heterocycles. The van der Waals surface area contributed by atoms with Crippen molar-refractivity contribution < 1.29 is 0 Å². The largest absolute Gasteiger partial charge is 0.0533 e. The lowest BCUT2D eigenvalue weighted by Gasteiger charge is -2.17. The van der Waals surface area contributed by atoms with Crippen LogP contribution in [0.5, 0.6) is 0 Å². The standard InChI is InChI=1S/C10H19/c1-2-10-8-6-4-3-5-7-9-10/h10H,1-9H2. The first-order chi connectivity index (χ1) is 4.93. The zero-order valence-corrected chi connectivity index (χ0v) is 6.94. The quantitative estimate of drug-likeness (QED) is 0.521. The first kappa shape index (κ1) is 8.10. The zero-order chi connectivity index (χ0) is 7.23. The predicted octanol–water partition coefficient (Wildman–Crippen LogP) is 3.57. The third-order valence-corrected chi connectivity index (χ3v) is 2.63. The van der Waals surface area contributed by atoms with Crippen molar-refractivity contribution in [3.8, 4) is 0 Å². The van der Waals surface area contributed by atoms with Crippen molar-refractivity contribution in [1.82, 2.24) is 0 Å². The fourth-order valence-electron chi connectivity index (χ4n) is 1.83. The average molecular weight is 139 g/mol. The fraction of sp³-hybridized carbons (Fsp3) is 0.900. The summed E-state index contributed by atoms with van der Waals surface area (Å²) in [5.74, 6) is 0.959. The van der Waals surface area contributed by atoms with Crippen LogP contribution in [0, 0.1) is 12.8 Å². The van der Waals surface area contributed by atoms with Crippen LogP contribution >= 0.6 is 0 Å². The molecule has 0 saturated heterocycles. The molecule has 1 saturated carbocycles. The molecule has 0 amide bonds. The van der Waals surface area contributed by atoms with Gasteiger partial charge in [0.1, 0.15) is 0 Å². The predicted molar refractivity (Wildman–Crippen MR) is 45.8 cm³/mol. The maximum atomic E-state index is 3.98. The van der Waals surface area contributed by atoms with Gasteiger partial charge in [-0.2, -0.15) is 0 Å². The molecule has 0 spiro atoms. The van der Waals surface area contributed by atoms with Gasteiger partial charge in [0.05, 0.1) is 0 Å². The summed E-state index contributed by atoms with van der Waals surface area (Å²) < 4.78 is 0. The lowest BCUT2D eigenvalue weighted by molar-refractivity contribution is 0.380. The van der Waals surface area contributed by atoms with Crippen molar-refractivity contribution in [3.63, 3.8) is 0 Å². The van der Waals surface area contributed by atoms with Gasteiger partial charge in [0.2, 0.25) is 0 Å². The van der Waals surface area contributed by atoms with Crippen molar-refractivity contribution in [1.29, 1.82) is 0 Å². The van der Waals surface area contributed by atoms with E-state index in [2.05, 4.69) is 6.92 Å². The van der Waals surface area contributed by atoms with Gasteiger partial charge in [-0.3, -0.25) is 0 Å². The van der Waals surface area contributed by atoms with Crippen molar-refractivity contribution in [2.75, 3.05) is 0 Å². The smallest absolute Gasteiger partial charge is 0.0414 e. The Kier molecular flexibility index (Phi) is 3.86. The van der Waals surface area contributed by atoms with Gasteiger partial charge in [-0.15, -0.1) is 0 Å². The summed E-state index contributed by atoms with van der Waals surface area (Å²) >= 11 is 0. The summed E-state index contributed by atoms with van der Waals surface area (Å²) in [6.45, 7) is 3.98. The van der Waals surface area contributed by atoms with Gasteiger partial charge in [0, 0.05) is 0 Å². The Morgan fingerprint density at radius 3 is 1.90 bits per heavy atom. The van der Waals surface area contributed by atoms with E-state index in [1.165, 1.54) is 51.4 Å². The Bertz CT molecular complexity index is 68.1. The van der Waals surface area contributed by atoms with Crippen molar-refractivity contribution >= 4 is 0 Å². The monoisotopic (exact) mass is 139 g/mol. The molecule has 1 radical (unpaired) electrons. The van der Waals surface area contributed by atoms with E-state index in [-0.39, 0.29) is 0 Å². The highest BCUT2D eigenvalue weighted by molar-refractivity contribution is 4.64. The zero-order valence-electron chi connectivity index (χ0n) is 6.94. The minimum Gasteiger partial charge on any atom is -0.0533 e. The molecule has 0 bridgehead atoms. The Morgan fingerprint density at radius 1 is 0.900 bits per heavy atom. The van der Waals surface area contributed by atoms with E-state index < -0.39 is 0 Å². The number of rotatable bonds is 1. The van der Waals surface area contributed by atoms with Crippen LogP contribution in [0.4, 0.5) is 0 Å². The molecule has 59 valence electrons. The van der Waals surface area contributed by atoms with E-state index in [0.717, 1.165) is 5.92 Å². The minimum absolute atomic E-state index is 0.959. The lowest BCUT2D eigenvalue weighted by atomic mass is 9.90. The minimum atomic E-state index is 0.959. The molecule has 0 N–H and O–H groups in total. The second kappa shape index (κ2) is 4.76. The maximum absolute atomic E-state index is 3.98. The van der Waals surface area contributed by atoms with Gasteiger partial charge in [0.25, 0.3) is 0 Å². The highest BCUT2D eigenvalue weighted by Crippen LogP contribution is 2.23. The lowest BCUT2D eigenvalue weighted by Crippen LogP contribution is -2.01. The molecule has 1 aliphatic carbocycles. The first-order valence-corrected chi connectivity index (χ1v) is 4.72. The third-order valence-electron chi connectivity index (χ3n) is 2.63. The van der Waals surface area contributed by atoms with Gasteiger partial charge in [-0.1, -0.05) is 58.3 Å². The Hall–Kier alpha value is 0. The Balaban J connectivity index is 2.16. The highest BCUT2D eigenvalue weighted by atomic mass is 14.1. The molecule has 0 aromatic carbocycles. The summed E-state index contributed by atoms with van der Waals surface area (Å²) in [6.07, 6.45) is 11.4. The van der Waals surface area contributed by atoms with Crippen LogP contribution in [0.25, 0.3) is 0 Å². The van der Waals surface area contributed by atoms with Crippen LogP contribution in [-0.4, -0.2) is 0 Å². The Morgan fingerprint density at radius 2 is 1.40 bits per heavy atom. The van der Waals surface area contributed by atoms with E-state index in [9.17, 15) is 0 Å². The molecule has 1 fully saturated rings. The molecule has 0 heteroatoms. The molecule has 1 aliphatic rings. The van der Waals surface area contributed by atoms with Gasteiger partial charge in [-0.05, 0) is 5.92 Å². The molecule has 0 nitrogen and oxygen atoms in total. The summed E-state index contributed by atoms with van der Waals surface area (Å²) in [5.41, 5.74) is 0. The highest BCUT2D eigenvalue weighted by Gasteiger charge is 2.07. The van der Waals surface area contributed by atoms with E-state index in [1.807, 2.05) is 0 Å². The van der Waals surface area contributed by atoms with Gasteiger partial charge in [-0.25, -0.2) is 0 Å². The van der Waals surface area contributed by atoms with E-state index in [4.69, 9.17) is 0 Å². The first-order valence-electron chi connectivity index (χ1n) is 4.72. The van der Waals surface area contributed by atoms with Gasteiger partial charge >= 0.3 is 0 Å². The molecule has 1 rings (SSSR count). The van der Waals surface area contributed by atoms with E-state index >= 15 is 0 Å². The van der Waals surface area contributed by atoms with Crippen molar-refractivity contribution in [2.45, 2.75) is 51.4 Å². The van der Waals surface area contributed by atoms with Crippen LogP contribution < -0.4 is 0 Å². The van der Waals surface area contributed by atoms with Crippen LogP contribution in [0.1, 0.15) is 51.4 Å². The molecule has 0 aliphatic heterocycles. The molecular weight excluding hydrogens is 120 g/mol. The number of hydrogen-bond acceptors (Lipinski definition) is 0. The van der Waals surface area contributed by atoms with Gasteiger partial charge < -0.3 is 0 Å². The molecule has 0 unspecified atom stereocenters. The molecule has 0 aromatic rings. The van der Waals surface area contributed by atoms with Crippen LogP contribution in [0.2, 0.25) is 0 Å².